The van der Waals surface area contributed by atoms with E-state index in [2.05, 4.69) is 10.1 Å². The second kappa shape index (κ2) is 7.93. The van der Waals surface area contributed by atoms with Gasteiger partial charge in [0.2, 0.25) is 5.91 Å². The molecule has 0 heterocycles. The van der Waals surface area contributed by atoms with Gasteiger partial charge in [0.1, 0.15) is 12.4 Å². The lowest BCUT2D eigenvalue weighted by molar-refractivity contribution is -0.123. The van der Waals surface area contributed by atoms with Crippen molar-refractivity contribution in [1.82, 2.24) is 0 Å². The number of anilines is 1. The van der Waals surface area contributed by atoms with Crippen LogP contribution < -0.4 is 10.1 Å². The highest BCUT2D eigenvalue weighted by Gasteiger charge is 2.15. The first-order chi connectivity index (χ1) is 10.1. The Morgan fingerprint density at radius 3 is 2.48 bits per heavy atom. The van der Waals surface area contributed by atoms with Crippen LogP contribution in [0.2, 0.25) is 0 Å². The Hall–Kier alpha value is -1.69. The van der Waals surface area contributed by atoms with Gasteiger partial charge in [-0.1, -0.05) is 19.3 Å². The van der Waals surface area contributed by atoms with Gasteiger partial charge in [0.05, 0.1) is 6.10 Å². The number of nitrogens with one attached hydrogen (secondary N) is 1. The van der Waals surface area contributed by atoms with E-state index in [1.165, 1.54) is 30.7 Å². The number of halogens is 2. The minimum absolute atomic E-state index is 0.0138. The molecule has 1 aliphatic rings. The van der Waals surface area contributed by atoms with Crippen molar-refractivity contribution in [1.29, 1.82) is 0 Å². The van der Waals surface area contributed by atoms with Crippen molar-refractivity contribution in [3.8, 4) is 5.75 Å². The molecule has 1 aromatic rings. The number of carbonyl (C=O) groups excluding carboxylic acids is 1. The molecule has 0 radical (unpaired) electrons. The summed E-state index contributed by atoms with van der Waals surface area (Å²) in [5.41, 5.74) is 0.522. The van der Waals surface area contributed by atoms with Crippen LogP contribution in [0.25, 0.3) is 0 Å². The first-order valence-corrected chi connectivity index (χ1v) is 7.10. The molecule has 0 bridgehead atoms. The van der Waals surface area contributed by atoms with Gasteiger partial charge in [0.25, 0.3) is 0 Å². The summed E-state index contributed by atoms with van der Waals surface area (Å²) >= 11 is 0. The van der Waals surface area contributed by atoms with Gasteiger partial charge >= 0.3 is 6.61 Å². The second-order valence-corrected chi connectivity index (χ2v) is 5.02. The summed E-state index contributed by atoms with van der Waals surface area (Å²) < 4.78 is 33.8. The third kappa shape index (κ3) is 5.67. The zero-order chi connectivity index (χ0) is 15.1. The van der Waals surface area contributed by atoms with E-state index in [1.807, 2.05) is 0 Å². The van der Waals surface area contributed by atoms with Gasteiger partial charge in [-0.15, -0.1) is 0 Å². The molecule has 2 rings (SSSR count). The maximum atomic E-state index is 12.0. The Morgan fingerprint density at radius 1 is 1.19 bits per heavy atom. The normalized spacial score (nSPS) is 16.0. The fraction of sp³-hybridized carbons (Fsp3) is 0.533. The van der Waals surface area contributed by atoms with Gasteiger partial charge in [-0.3, -0.25) is 4.79 Å². The number of hydrogen-bond acceptors (Lipinski definition) is 3. The first kappa shape index (κ1) is 15.7. The molecule has 1 fully saturated rings. The van der Waals surface area contributed by atoms with Crippen LogP contribution in [0, 0.1) is 0 Å². The number of benzene rings is 1. The van der Waals surface area contributed by atoms with E-state index in [-0.39, 0.29) is 24.4 Å². The average Bonchev–Trinajstić information content (AvgIpc) is 2.48. The predicted octanol–water partition coefficient (Wildman–Crippen LogP) is 3.58. The summed E-state index contributed by atoms with van der Waals surface area (Å²) in [6.07, 6.45) is 5.72. The SMILES string of the molecule is O=C(COC1CCCCC1)Nc1ccc(OC(F)F)cc1. The van der Waals surface area contributed by atoms with Crippen LogP contribution in [-0.4, -0.2) is 25.2 Å². The van der Waals surface area contributed by atoms with Gasteiger partial charge in [-0.05, 0) is 37.1 Å². The second-order valence-electron chi connectivity index (χ2n) is 5.02. The number of rotatable bonds is 6. The summed E-state index contributed by atoms with van der Waals surface area (Å²) in [6, 6.07) is 5.78. The zero-order valence-electron chi connectivity index (χ0n) is 11.7. The van der Waals surface area contributed by atoms with Crippen molar-refractivity contribution in [3.05, 3.63) is 24.3 Å². The lowest BCUT2D eigenvalue weighted by Crippen LogP contribution is -2.24. The van der Waals surface area contributed by atoms with Crippen molar-refractivity contribution in [2.24, 2.45) is 0 Å². The molecule has 21 heavy (non-hydrogen) atoms. The van der Waals surface area contributed by atoms with E-state index in [9.17, 15) is 13.6 Å². The molecule has 4 nitrogen and oxygen atoms in total. The average molecular weight is 299 g/mol. The summed E-state index contributed by atoms with van der Waals surface area (Å²) in [7, 11) is 0. The van der Waals surface area contributed by atoms with Crippen LogP contribution in [0.15, 0.2) is 24.3 Å². The summed E-state index contributed by atoms with van der Waals surface area (Å²) in [5, 5.41) is 2.66. The summed E-state index contributed by atoms with van der Waals surface area (Å²) in [6.45, 7) is -2.84. The number of alkyl halides is 2. The van der Waals surface area contributed by atoms with Crippen molar-refractivity contribution < 1.29 is 23.0 Å². The van der Waals surface area contributed by atoms with E-state index in [0.29, 0.717) is 5.69 Å². The highest BCUT2D eigenvalue weighted by atomic mass is 19.3. The molecule has 1 aliphatic carbocycles. The molecule has 1 aromatic carbocycles. The number of ether oxygens (including phenoxy) is 2. The standard InChI is InChI=1S/C15H19F2NO3/c16-15(17)21-13-8-6-11(7-9-13)18-14(19)10-20-12-4-2-1-3-5-12/h6-9,12,15H,1-5,10H2,(H,18,19). The Labute approximate surface area is 122 Å². The molecule has 0 atom stereocenters. The molecule has 6 heteroatoms. The van der Waals surface area contributed by atoms with Crippen LogP contribution in [0.5, 0.6) is 5.75 Å². The molecule has 0 saturated heterocycles. The van der Waals surface area contributed by atoms with E-state index < -0.39 is 6.61 Å². The number of amides is 1. The molecule has 0 unspecified atom stereocenters. The minimum atomic E-state index is -2.85. The van der Waals surface area contributed by atoms with Gasteiger partial charge in [-0.25, -0.2) is 0 Å². The van der Waals surface area contributed by atoms with Gasteiger partial charge < -0.3 is 14.8 Å². The van der Waals surface area contributed by atoms with Gasteiger partial charge in [-0.2, -0.15) is 8.78 Å². The van der Waals surface area contributed by atoms with Crippen LogP contribution in [0.1, 0.15) is 32.1 Å². The van der Waals surface area contributed by atoms with E-state index in [4.69, 9.17) is 4.74 Å². The molecule has 1 amide bonds. The molecule has 0 aromatic heterocycles. The van der Waals surface area contributed by atoms with Crippen LogP contribution in [-0.2, 0) is 9.53 Å². The minimum Gasteiger partial charge on any atom is -0.435 e. The fourth-order valence-corrected chi connectivity index (χ4v) is 2.34. The van der Waals surface area contributed by atoms with E-state index in [1.54, 1.807) is 0 Å². The van der Waals surface area contributed by atoms with Crippen molar-refractivity contribution in [3.63, 3.8) is 0 Å². The third-order valence-corrected chi connectivity index (χ3v) is 3.37. The molecule has 116 valence electrons. The highest BCUT2D eigenvalue weighted by Crippen LogP contribution is 2.20. The van der Waals surface area contributed by atoms with Crippen LogP contribution in [0.4, 0.5) is 14.5 Å². The predicted molar refractivity (Wildman–Crippen MR) is 74.5 cm³/mol. The maximum Gasteiger partial charge on any atom is 0.387 e. The van der Waals surface area contributed by atoms with Crippen molar-refractivity contribution >= 4 is 11.6 Å². The number of hydrogen-bond donors (Lipinski definition) is 1. The smallest absolute Gasteiger partial charge is 0.387 e. The molecule has 1 saturated carbocycles. The van der Waals surface area contributed by atoms with Crippen molar-refractivity contribution in [2.75, 3.05) is 11.9 Å². The lowest BCUT2D eigenvalue weighted by Gasteiger charge is -2.21. The Bertz CT molecular complexity index is 445. The van der Waals surface area contributed by atoms with Crippen LogP contribution >= 0.6 is 0 Å². The highest BCUT2D eigenvalue weighted by molar-refractivity contribution is 5.91. The Morgan fingerprint density at radius 2 is 1.86 bits per heavy atom. The maximum absolute atomic E-state index is 12.0. The molecular formula is C15H19F2NO3. The zero-order valence-corrected chi connectivity index (χ0v) is 11.7. The Kier molecular flexibility index (Phi) is 5.92. The third-order valence-electron chi connectivity index (χ3n) is 3.37. The molecule has 1 N–H and O–H groups in total. The van der Waals surface area contributed by atoms with E-state index in [0.717, 1.165) is 25.7 Å². The lowest BCUT2D eigenvalue weighted by atomic mass is 9.98. The number of carbonyl (C=O) groups is 1. The topological polar surface area (TPSA) is 47.6 Å². The van der Waals surface area contributed by atoms with Gasteiger partial charge in [0, 0.05) is 5.69 Å². The molecule has 0 spiro atoms. The first-order valence-electron chi connectivity index (χ1n) is 7.10. The largest absolute Gasteiger partial charge is 0.435 e. The molecular weight excluding hydrogens is 280 g/mol. The summed E-state index contributed by atoms with van der Waals surface area (Å²) in [5.74, 6) is -0.190. The van der Waals surface area contributed by atoms with Gasteiger partial charge in [0.15, 0.2) is 0 Å². The summed E-state index contributed by atoms with van der Waals surface area (Å²) in [4.78, 5) is 11.7. The monoisotopic (exact) mass is 299 g/mol. The quantitative estimate of drug-likeness (QED) is 0.873. The molecule has 0 aliphatic heterocycles. The van der Waals surface area contributed by atoms with E-state index >= 15 is 0 Å². The Balaban J connectivity index is 1.74. The van der Waals surface area contributed by atoms with Crippen molar-refractivity contribution in [2.45, 2.75) is 44.8 Å². The van der Waals surface area contributed by atoms with Crippen LogP contribution in [0.3, 0.4) is 0 Å². The fourth-order valence-electron chi connectivity index (χ4n) is 2.34.